The summed E-state index contributed by atoms with van der Waals surface area (Å²) in [5, 5.41) is 3.28. The van der Waals surface area contributed by atoms with Crippen LogP contribution >= 0.6 is 0 Å². The maximum atomic E-state index is 12.0. The van der Waals surface area contributed by atoms with Crippen molar-refractivity contribution >= 4 is 10.0 Å². The average molecular weight is 262 g/mol. The molecule has 0 bridgehead atoms. The van der Waals surface area contributed by atoms with Crippen molar-refractivity contribution in [2.24, 2.45) is 0 Å². The summed E-state index contributed by atoms with van der Waals surface area (Å²) in [5.41, 5.74) is 0. The monoisotopic (exact) mass is 262 g/mol. The van der Waals surface area contributed by atoms with Crippen LogP contribution in [0.3, 0.4) is 0 Å². The van der Waals surface area contributed by atoms with Crippen LogP contribution in [0, 0.1) is 0 Å². The predicted octanol–water partition coefficient (Wildman–Crippen LogP) is 0.227. The third kappa shape index (κ3) is 4.54. The molecule has 6 heteroatoms. The fourth-order valence-electron chi connectivity index (χ4n) is 2.46. The molecule has 2 aliphatic rings. The summed E-state index contributed by atoms with van der Waals surface area (Å²) < 4.78 is 32.1. The summed E-state index contributed by atoms with van der Waals surface area (Å²) in [7, 11) is -3.18. The Morgan fingerprint density at radius 2 is 2.06 bits per heavy atom. The van der Waals surface area contributed by atoms with Crippen LogP contribution in [0.15, 0.2) is 0 Å². The first-order valence-corrected chi connectivity index (χ1v) is 8.13. The van der Waals surface area contributed by atoms with E-state index in [0.29, 0.717) is 6.61 Å². The Morgan fingerprint density at radius 3 is 2.82 bits per heavy atom. The van der Waals surface area contributed by atoms with Crippen molar-refractivity contribution in [3.05, 3.63) is 0 Å². The molecule has 2 aliphatic heterocycles. The Labute approximate surface area is 103 Å². The fraction of sp³-hybridized carbons (Fsp3) is 1.00. The van der Waals surface area contributed by atoms with Crippen LogP contribution in [-0.4, -0.2) is 46.0 Å². The lowest BCUT2D eigenvalue weighted by atomic mass is 10.1. The molecule has 0 amide bonds. The van der Waals surface area contributed by atoms with Crippen molar-refractivity contribution in [1.82, 2.24) is 10.0 Å². The van der Waals surface area contributed by atoms with Gasteiger partial charge >= 0.3 is 0 Å². The van der Waals surface area contributed by atoms with E-state index in [9.17, 15) is 8.42 Å². The molecule has 5 nitrogen and oxygen atoms in total. The molecular weight excluding hydrogens is 240 g/mol. The maximum Gasteiger partial charge on any atom is 0.214 e. The molecule has 0 aromatic rings. The quantitative estimate of drug-likeness (QED) is 0.761. The van der Waals surface area contributed by atoms with Crippen LogP contribution in [0.4, 0.5) is 0 Å². The smallest absolute Gasteiger partial charge is 0.214 e. The highest BCUT2D eigenvalue weighted by Crippen LogP contribution is 2.14. The third-order valence-corrected chi connectivity index (χ3v) is 4.85. The van der Waals surface area contributed by atoms with Crippen molar-refractivity contribution in [2.75, 3.05) is 25.4 Å². The van der Waals surface area contributed by atoms with Gasteiger partial charge in [0.15, 0.2) is 0 Å². The molecule has 0 aliphatic carbocycles. The molecular formula is C11H22N2O3S. The third-order valence-electron chi connectivity index (χ3n) is 3.35. The van der Waals surface area contributed by atoms with Gasteiger partial charge in [0.25, 0.3) is 0 Å². The Kier molecular flexibility index (Phi) is 4.78. The van der Waals surface area contributed by atoms with E-state index in [1.54, 1.807) is 0 Å². The molecule has 2 fully saturated rings. The first-order valence-electron chi connectivity index (χ1n) is 6.48. The van der Waals surface area contributed by atoms with Crippen LogP contribution in [0.2, 0.25) is 0 Å². The highest BCUT2D eigenvalue weighted by Gasteiger charge is 2.25. The summed E-state index contributed by atoms with van der Waals surface area (Å²) in [6.45, 7) is 2.59. The van der Waals surface area contributed by atoms with Crippen molar-refractivity contribution in [2.45, 2.75) is 44.2 Å². The lowest BCUT2D eigenvalue weighted by Gasteiger charge is -2.17. The number of ether oxygens (including phenoxy) is 1. The number of hydrogen-bond acceptors (Lipinski definition) is 4. The maximum absolute atomic E-state index is 12.0. The summed E-state index contributed by atoms with van der Waals surface area (Å²) >= 11 is 0. The SMILES string of the molecule is O=S(=O)(CC1CCCO1)NC1CCCNCC1. The molecule has 2 saturated heterocycles. The standard InChI is InChI=1S/C11H22N2O3S/c14-17(15,9-11-4-2-8-16-11)13-10-3-1-6-12-7-5-10/h10-13H,1-9H2. The fourth-order valence-corrected chi connectivity index (χ4v) is 4.05. The van der Waals surface area contributed by atoms with Crippen LogP contribution in [0.1, 0.15) is 32.1 Å². The van der Waals surface area contributed by atoms with Gasteiger partial charge in [-0.15, -0.1) is 0 Å². The second kappa shape index (κ2) is 6.13. The summed E-state index contributed by atoms with van der Waals surface area (Å²) in [6.07, 6.45) is 4.59. The van der Waals surface area contributed by atoms with Gasteiger partial charge in [-0.05, 0) is 45.2 Å². The van der Waals surface area contributed by atoms with E-state index in [0.717, 1.165) is 45.2 Å². The Hall–Kier alpha value is -0.170. The van der Waals surface area contributed by atoms with Crippen LogP contribution in [0.25, 0.3) is 0 Å². The molecule has 2 atom stereocenters. The van der Waals surface area contributed by atoms with Gasteiger partial charge in [-0.3, -0.25) is 0 Å². The Bertz CT molecular complexity index is 318. The molecule has 100 valence electrons. The van der Waals surface area contributed by atoms with E-state index in [-0.39, 0.29) is 17.9 Å². The zero-order valence-corrected chi connectivity index (χ0v) is 11.0. The van der Waals surface area contributed by atoms with Crippen molar-refractivity contribution in [3.63, 3.8) is 0 Å². The normalized spacial score (nSPS) is 31.3. The minimum absolute atomic E-state index is 0.0939. The molecule has 2 heterocycles. The van der Waals surface area contributed by atoms with Crippen molar-refractivity contribution < 1.29 is 13.2 Å². The van der Waals surface area contributed by atoms with Gasteiger partial charge in [-0.2, -0.15) is 0 Å². The number of nitrogens with one attached hydrogen (secondary N) is 2. The van der Waals surface area contributed by atoms with Gasteiger partial charge in [0.2, 0.25) is 10.0 Å². The van der Waals surface area contributed by atoms with E-state index >= 15 is 0 Å². The first kappa shape index (κ1) is 13.3. The van der Waals surface area contributed by atoms with Gasteiger partial charge < -0.3 is 10.1 Å². The van der Waals surface area contributed by atoms with E-state index in [1.165, 1.54) is 0 Å². The number of hydrogen-bond donors (Lipinski definition) is 2. The molecule has 2 unspecified atom stereocenters. The minimum Gasteiger partial charge on any atom is -0.377 e. The molecule has 0 radical (unpaired) electrons. The second-order valence-electron chi connectivity index (χ2n) is 4.91. The van der Waals surface area contributed by atoms with E-state index < -0.39 is 10.0 Å². The first-order chi connectivity index (χ1) is 8.16. The number of rotatable bonds is 4. The lowest BCUT2D eigenvalue weighted by Crippen LogP contribution is -2.39. The van der Waals surface area contributed by atoms with E-state index in [1.807, 2.05) is 0 Å². The van der Waals surface area contributed by atoms with Crippen LogP contribution < -0.4 is 10.0 Å². The van der Waals surface area contributed by atoms with Crippen molar-refractivity contribution in [3.8, 4) is 0 Å². The van der Waals surface area contributed by atoms with Gasteiger partial charge in [-0.25, -0.2) is 13.1 Å². The largest absolute Gasteiger partial charge is 0.377 e. The highest BCUT2D eigenvalue weighted by molar-refractivity contribution is 7.89. The lowest BCUT2D eigenvalue weighted by molar-refractivity contribution is 0.127. The molecule has 17 heavy (non-hydrogen) atoms. The van der Waals surface area contributed by atoms with E-state index in [4.69, 9.17) is 4.74 Å². The highest BCUT2D eigenvalue weighted by atomic mass is 32.2. The van der Waals surface area contributed by atoms with E-state index in [2.05, 4.69) is 10.0 Å². The zero-order valence-electron chi connectivity index (χ0n) is 10.2. The summed E-state index contributed by atoms with van der Waals surface area (Å²) in [5.74, 6) is 0.122. The van der Waals surface area contributed by atoms with Gasteiger partial charge in [0.1, 0.15) is 0 Å². The van der Waals surface area contributed by atoms with Crippen molar-refractivity contribution in [1.29, 1.82) is 0 Å². The van der Waals surface area contributed by atoms with Gasteiger partial charge in [-0.1, -0.05) is 0 Å². The summed E-state index contributed by atoms with van der Waals surface area (Å²) in [6, 6.07) is 0.0939. The van der Waals surface area contributed by atoms with Crippen LogP contribution in [-0.2, 0) is 14.8 Å². The van der Waals surface area contributed by atoms with Crippen LogP contribution in [0.5, 0.6) is 0 Å². The van der Waals surface area contributed by atoms with Gasteiger partial charge in [0.05, 0.1) is 11.9 Å². The molecule has 0 aromatic carbocycles. The second-order valence-corrected chi connectivity index (χ2v) is 6.71. The Morgan fingerprint density at radius 1 is 1.18 bits per heavy atom. The molecule has 2 N–H and O–H groups in total. The zero-order chi connectivity index (χ0) is 12.1. The van der Waals surface area contributed by atoms with Gasteiger partial charge in [0, 0.05) is 12.6 Å². The summed E-state index contributed by atoms with van der Waals surface area (Å²) in [4.78, 5) is 0. The topological polar surface area (TPSA) is 67.4 Å². The minimum atomic E-state index is -3.18. The predicted molar refractivity (Wildman–Crippen MR) is 66.4 cm³/mol. The Balaban J connectivity index is 1.82. The average Bonchev–Trinajstić information content (AvgIpc) is 2.61. The molecule has 0 spiro atoms. The molecule has 0 aromatic heterocycles. The molecule has 0 saturated carbocycles. The molecule has 2 rings (SSSR count). The number of sulfonamides is 1.